The van der Waals surface area contributed by atoms with E-state index in [0.717, 1.165) is 13.0 Å². The Hall–Kier alpha value is -1.33. The van der Waals surface area contributed by atoms with Gasteiger partial charge in [0.25, 0.3) is 0 Å². The first-order chi connectivity index (χ1) is 9.66. The van der Waals surface area contributed by atoms with Crippen LogP contribution in [-0.2, 0) is 6.54 Å². The average molecular weight is 270 g/mol. The number of hydrogen-bond donors (Lipinski definition) is 1. The van der Waals surface area contributed by atoms with Crippen LogP contribution in [0.25, 0.3) is 0 Å². The Bertz CT molecular complexity index is 436. The fourth-order valence-corrected chi connectivity index (χ4v) is 3.37. The molecule has 0 spiro atoms. The smallest absolute Gasteiger partial charge is 0.0627 e. The van der Waals surface area contributed by atoms with Gasteiger partial charge in [-0.25, -0.2) is 0 Å². The van der Waals surface area contributed by atoms with Crippen molar-refractivity contribution in [1.29, 1.82) is 5.26 Å². The molecule has 20 heavy (non-hydrogen) atoms. The van der Waals surface area contributed by atoms with Gasteiger partial charge in [0.15, 0.2) is 0 Å². The standard InChI is InChI=1S/C18H26N2/c1-15(2)18(12-13-19)10-8-17(9-11-18)20-14-16-6-4-3-5-7-16/h3-7,15,17,20H,8-12,14H2,1-2H3. The molecular weight excluding hydrogens is 244 g/mol. The third kappa shape index (κ3) is 3.61. The molecule has 0 bridgehead atoms. The Morgan fingerprint density at radius 2 is 1.90 bits per heavy atom. The maximum Gasteiger partial charge on any atom is 0.0627 e. The molecule has 1 aliphatic carbocycles. The molecule has 1 N–H and O–H groups in total. The summed E-state index contributed by atoms with van der Waals surface area (Å²) in [6, 6.07) is 13.6. The molecule has 1 saturated carbocycles. The van der Waals surface area contributed by atoms with Crippen LogP contribution in [0.3, 0.4) is 0 Å². The Labute approximate surface area is 123 Å². The van der Waals surface area contributed by atoms with E-state index in [1.807, 2.05) is 0 Å². The Morgan fingerprint density at radius 1 is 1.25 bits per heavy atom. The number of nitrogens with one attached hydrogen (secondary N) is 1. The van der Waals surface area contributed by atoms with Crippen LogP contribution in [0.4, 0.5) is 0 Å². The molecular formula is C18H26N2. The van der Waals surface area contributed by atoms with Crippen LogP contribution < -0.4 is 5.32 Å². The monoisotopic (exact) mass is 270 g/mol. The first kappa shape index (κ1) is 15.1. The van der Waals surface area contributed by atoms with Crippen molar-refractivity contribution in [2.45, 2.75) is 58.5 Å². The van der Waals surface area contributed by atoms with Crippen molar-refractivity contribution in [3.8, 4) is 6.07 Å². The van der Waals surface area contributed by atoms with Crippen LogP contribution in [0, 0.1) is 22.7 Å². The van der Waals surface area contributed by atoms with Crippen molar-refractivity contribution >= 4 is 0 Å². The molecule has 108 valence electrons. The second kappa shape index (κ2) is 6.90. The normalized spacial score (nSPS) is 26.4. The molecule has 1 aromatic rings. The summed E-state index contributed by atoms with van der Waals surface area (Å²) in [6.45, 7) is 5.50. The highest BCUT2D eigenvalue weighted by Gasteiger charge is 2.37. The molecule has 2 rings (SSSR count). The summed E-state index contributed by atoms with van der Waals surface area (Å²) >= 11 is 0. The summed E-state index contributed by atoms with van der Waals surface area (Å²) in [7, 11) is 0. The molecule has 2 heteroatoms. The zero-order chi connectivity index (χ0) is 14.4. The molecule has 1 fully saturated rings. The van der Waals surface area contributed by atoms with Gasteiger partial charge in [-0.05, 0) is 42.6 Å². The first-order valence-electron chi connectivity index (χ1n) is 7.80. The molecule has 0 heterocycles. The van der Waals surface area contributed by atoms with Crippen LogP contribution in [0.5, 0.6) is 0 Å². The van der Waals surface area contributed by atoms with Crippen molar-refractivity contribution in [3.05, 3.63) is 35.9 Å². The van der Waals surface area contributed by atoms with E-state index < -0.39 is 0 Å². The van der Waals surface area contributed by atoms with Crippen molar-refractivity contribution in [2.24, 2.45) is 11.3 Å². The van der Waals surface area contributed by atoms with Gasteiger partial charge in [-0.1, -0.05) is 44.2 Å². The van der Waals surface area contributed by atoms with Crippen molar-refractivity contribution in [1.82, 2.24) is 5.32 Å². The van der Waals surface area contributed by atoms with Crippen molar-refractivity contribution < 1.29 is 0 Å². The van der Waals surface area contributed by atoms with Gasteiger partial charge < -0.3 is 5.32 Å². The summed E-state index contributed by atoms with van der Waals surface area (Å²) < 4.78 is 0. The largest absolute Gasteiger partial charge is 0.310 e. The van der Waals surface area contributed by atoms with Crippen LogP contribution in [0.15, 0.2) is 30.3 Å². The number of benzene rings is 1. The number of nitriles is 1. The van der Waals surface area contributed by atoms with Gasteiger partial charge in [-0.15, -0.1) is 0 Å². The van der Waals surface area contributed by atoms with Gasteiger partial charge in [-0.2, -0.15) is 5.26 Å². The second-order valence-corrected chi connectivity index (χ2v) is 6.49. The van der Waals surface area contributed by atoms with E-state index in [1.54, 1.807) is 0 Å². The van der Waals surface area contributed by atoms with Crippen LogP contribution >= 0.6 is 0 Å². The summed E-state index contributed by atoms with van der Waals surface area (Å²) in [6.07, 6.45) is 5.49. The fraction of sp³-hybridized carbons (Fsp3) is 0.611. The predicted molar refractivity (Wildman–Crippen MR) is 83.0 cm³/mol. The molecule has 1 aliphatic rings. The third-order valence-corrected chi connectivity index (χ3v) is 5.07. The lowest BCUT2D eigenvalue weighted by Crippen LogP contribution is -2.39. The predicted octanol–water partition coefficient (Wildman–Crippen LogP) is 4.27. The molecule has 2 nitrogen and oxygen atoms in total. The summed E-state index contributed by atoms with van der Waals surface area (Å²) in [5, 5.41) is 12.8. The minimum absolute atomic E-state index is 0.264. The SMILES string of the molecule is CC(C)C1(CC#N)CCC(NCc2ccccc2)CC1. The molecule has 0 unspecified atom stereocenters. The molecule has 0 aromatic heterocycles. The van der Waals surface area contributed by atoms with E-state index in [0.29, 0.717) is 12.0 Å². The highest BCUT2D eigenvalue weighted by atomic mass is 14.9. The van der Waals surface area contributed by atoms with Crippen LogP contribution in [0.2, 0.25) is 0 Å². The number of nitrogens with zero attached hydrogens (tertiary/aromatic N) is 1. The minimum Gasteiger partial charge on any atom is -0.310 e. The first-order valence-corrected chi connectivity index (χ1v) is 7.80. The Morgan fingerprint density at radius 3 is 2.45 bits per heavy atom. The van der Waals surface area contributed by atoms with E-state index in [4.69, 9.17) is 5.26 Å². The Kier molecular flexibility index (Phi) is 5.20. The fourth-order valence-electron chi connectivity index (χ4n) is 3.37. The van der Waals surface area contributed by atoms with Gasteiger partial charge in [0.2, 0.25) is 0 Å². The maximum absolute atomic E-state index is 9.08. The maximum atomic E-state index is 9.08. The third-order valence-electron chi connectivity index (χ3n) is 5.07. The van der Waals surface area contributed by atoms with Gasteiger partial charge in [0.05, 0.1) is 6.07 Å². The van der Waals surface area contributed by atoms with Crippen LogP contribution in [-0.4, -0.2) is 6.04 Å². The Balaban J connectivity index is 1.83. The van der Waals surface area contributed by atoms with E-state index in [2.05, 4.69) is 55.6 Å². The van der Waals surface area contributed by atoms with Crippen molar-refractivity contribution in [2.75, 3.05) is 0 Å². The molecule has 0 atom stereocenters. The minimum atomic E-state index is 0.264. The van der Waals surface area contributed by atoms with Gasteiger partial charge in [0.1, 0.15) is 0 Å². The zero-order valence-electron chi connectivity index (χ0n) is 12.7. The van der Waals surface area contributed by atoms with Gasteiger partial charge in [0, 0.05) is 19.0 Å². The van der Waals surface area contributed by atoms with Gasteiger partial charge in [-0.3, -0.25) is 0 Å². The molecule has 0 radical (unpaired) electrons. The average Bonchev–Trinajstić information content (AvgIpc) is 2.48. The zero-order valence-corrected chi connectivity index (χ0v) is 12.7. The summed E-state index contributed by atoms with van der Waals surface area (Å²) in [4.78, 5) is 0. The van der Waals surface area contributed by atoms with E-state index in [1.165, 1.54) is 31.2 Å². The summed E-state index contributed by atoms with van der Waals surface area (Å²) in [5.41, 5.74) is 1.62. The quantitative estimate of drug-likeness (QED) is 0.867. The molecule has 0 amide bonds. The molecule has 1 aromatic carbocycles. The van der Waals surface area contributed by atoms with E-state index in [9.17, 15) is 0 Å². The molecule has 0 saturated heterocycles. The topological polar surface area (TPSA) is 35.8 Å². The van der Waals surface area contributed by atoms with E-state index in [-0.39, 0.29) is 5.41 Å². The highest BCUT2D eigenvalue weighted by molar-refractivity contribution is 5.14. The number of hydrogen-bond acceptors (Lipinski definition) is 2. The van der Waals surface area contributed by atoms with Crippen molar-refractivity contribution in [3.63, 3.8) is 0 Å². The summed E-state index contributed by atoms with van der Waals surface area (Å²) in [5.74, 6) is 0.609. The number of rotatable bonds is 5. The van der Waals surface area contributed by atoms with Crippen LogP contribution in [0.1, 0.15) is 51.5 Å². The van der Waals surface area contributed by atoms with E-state index >= 15 is 0 Å². The highest BCUT2D eigenvalue weighted by Crippen LogP contribution is 2.45. The lowest BCUT2D eigenvalue weighted by Gasteiger charge is -2.42. The van der Waals surface area contributed by atoms with Gasteiger partial charge >= 0.3 is 0 Å². The molecule has 0 aliphatic heterocycles. The lowest BCUT2D eigenvalue weighted by atomic mass is 9.64. The lowest BCUT2D eigenvalue weighted by molar-refractivity contribution is 0.105. The second-order valence-electron chi connectivity index (χ2n) is 6.49.